The van der Waals surface area contributed by atoms with Gasteiger partial charge in [-0.3, -0.25) is 37.3 Å². The molecule has 540 valence electrons. The first-order valence-electron chi connectivity index (χ1n) is 37.3. The van der Waals surface area contributed by atoms with Gasteiger partial charge < -0.3 is 33.8 Å². The first kappa shape index (κ1) is 89.1. The maximum absolute atomic E-state index is 13.0. The molecule has 0 aliphatic heterocycles. The van der Waals surface area contributed by atoms with Crippen molar-refractivity contribution in [3.8, 4) is 0 Å². The summed E-state index contributed by atoms with van der Waals surface area (Å²) in [7, 11) is -9.91. The predicted molar refractivity (Wildman–Crippen MR) is 367 cm³/mol. The molecule has 19 heteroatoms. The van der Waals surface area contributed by atoms with Crippen molar-refractivity contribution >= 4 is 39.5 Å². The molecule has 5 unspecified atom stereocenters. The number of phosphoric acid groups is 2. The number of hydrogen-bond acceptors (Lipinski definition) is 15. The van der Waals surface area contributed by atoms with Crippen molar-refractivity contribution in [1.82, 2.24) is 0 Å². The average Bonchev–Trinajstić information content (AvgIpc) is 3.70. The fraction of sp³-hybridized carbons (Fsp3) is 0.944. The zero-order chi connectivity index (χ0) is 67.5. The number of carbonyl (C=O) groups excluding carboxylic acids is 4. The van der Waals surface area contributed by atoms with E-state index in [-0.39, 0.29) is 25.7 Å². The normalized spacial score (nSPS) is 14.8. The van der Waals surface area contributed by atoms with Crippen LogP contribution < -0.4 is 0 Å². The Kier molecular flexibility index (Phi) is 60.3. The molecule has 0 spiro atoms. The van der Waals surface area contributed by atoms with Gasteiger partial charge in [-0.2, -0.15) is 0 Å². The molecule has 91 heavy (non-hydrogen) atoms. The highest BCUT2D eigenvalue weighted by molar-refractivity contribution is 7.47. The molecule has 17 nitrogen and oxygen atoms in total. The molecule has 0 saturated carbocycles. The van der Waals surface area contributed by atoms with Crippen LogP contribution in [0, 0.1) is 23.7 Å². The van der Waals surface area contributed by atoms with Gasteiger partial charge in [0.25, 0.3) is 0 Å². The lowest BCUT2D eigenvalue weighted by Gasteiger charge is -2.21. The summed E-state index contributed by atoms with van der Waals surface area (Å²) in [5, 5.41) is 10.6. The van der Waals surface area contributed by atoms with Crippen molar-refractivity contribution in [2.75, 3.05) is 39.6 Å². The van der Waals surface area contributed by atoms with E-state index in [1.54, 1.807) is 0 Å². The number of hydrogen-bond donors (Lipinski definition) is 3. The van der Waals surface area contributed by atoms with Crippen LogP contribution in [-0.2, 0) is 65.4 Å². The molecule has 0 aliphatic rings. The number of phosphoric ester groups is 2. The van der Waals surface area contributed by atoms with E-state index in [1.807, 2.05) is 0 Å². The maximum Gasteiger partial charge on any atom is 0.472 e. The standard InChI is InChI=1S/C72H140O17P2/c1-9-64(7)50-42-34-26-17-15-13-11-12-14-16-18-29-38-46-54-71(76)88-68(59-83-70(75)53-45-37-31-23-25-33-41-49-63(5)6)61-87-91(80,81)85-57-66(73)56-84-90(78,79)86-60-67(58-82-69(74)52-44-36-28-21-19-24-32-40-48-62(3)4)89-72(77)55-47-39-30-22-20-27-35-43-51-65(8)10-2/h62-68,73H,9-61H2,1-8H3,(H,78,79)(H,80,81)/t64?,65?,66?,67-,68-/m1/s1. The van der Waals surface area contributed by atoms with Crippen LogP contribution >= 0.6 is 15.6 Å². The minimum atomic E-state index is -4.95. The van der Waals surface area contributed by atoms with Crippen LogP contribution in [0.2, 0.25) is 0 Å². The van der Waals surface area contributed by atoms with Crippen LogP contribution in [0.25, 0.3) is 0 Å². The summed E-state index contributed by atoms with van der Waals surface area (Å²) in [6.45, 7) is 14.1. The molecule has 0 saturated heterocycles. The number of carbonyl (C=O) groups is 4. The van der Waals surface area contributed by atoms with Gasteiger partial charge in [0.1, 0.15) is 19.3 Å². The van der Waals surface area contributed by atoms with E-state index in [9.17, 15) is 43.2 Å². The predicted octanol–water partition coefficient (Wildman–Crippen LogP) is 20.5. The minimum absolute atomic E-state index is 0.104. The monoisotopic (exact) mass is 1340 g/mol. The van der Waals surface area contributed by atoms with Gasteiger partial charge >= 0.3 is 39.5 Å². The molecule has 0 aromatic rings. The molecular weight excluding hydrogens is 1200 g/mol. The fourth-order valence-corrected chi connectivity index (χ4v) is 12.4. The summed E-state index contributed by atoms with van der Waals surface area (Å²) in [5.41, 5.74) is 0. The van der Waals surface area contributed by atoms with Gasteiger partial charge in [0.2, 0.25) is 0 Å². The lowest BCUT2D eigenvalue weighted by molar-refractivity contribution is -0.161. The second-order valence-electron chi connectivity index (χ2n) is 27.4. The number of rotatable bonds is 69. The molecule has 0 aliphatic carbocycles. The van der Waals surface area contributed by atoms with Gasteiger partial charge in [0, 0.05) is 25.7 Å². The molecule has 0 amide bonds. The zero-order valence-electron chi connectivity index (χ0n) is 59.5. The number of ether oxygens (including phenoxy) is 4. The second kappa shape index (κ2) is 61.6. The summed E-state index contributed by atoms with van der Waals surface area (Å²) in [4.78, 5) is 72.6. The maximum atomic E-state index is 13.0. The molecule has 3 N–H and O–H groups in total. The van der Waals surface area contributed by atoms with Crippen molar-refractivity contribution in [2.24, 2.45) is 23.7 Å². The summed E-state index contributed by atoms with van der Waals surface area (Å²) < 4.78 is 68.3. The fourth-order valence-electron chi connectivity index (χ4n) is 10.8. The minimum Gasteiger partial charge on any atom is -0.462 e. The highest BCUT2D eigenvalue weighted by Gasteiger charge is 2.30. The van der Waals surface area contributed by atoms with Crippen molar-refractivity contribution in [3.63, 3.8) is 0 Å². The van der Waals surface area contributed by atoms with Crippen LogP contribution in [0.15, 0.2) is 0 Å². The first-order valence-corrected chi connectivity index (χ1v) is 40.3. The van der Waals surface area contributed by atoms with Crippen LogP contribution in [0.4, 0.5) is 0 Å². The van der Waals surface area contributed by atoms with E-state index in [0.717, 1.165) is 114 Å². The van der Waals surface area contributed by atoms with Crippen molar-refractivity contribution < 1.29 is 80.2 Å². The molecule has 0 radical (unpaired) electrons. The van der Waals surface area contributed by atoms with Gasteiger partial charge in [-0.25, -0.2) is 9.13 Å². The van der Waals surface area contributed by atoms with Crippen molar-refractivity contribution in [3.05, 3.63) is 0 Å². The third-order valence-corrected chi connectivity index (χ3v) is 19.2. The highest BCUT2D eigenvalue weighted by Crippen LogP contribution is 2.45. The lowest BCUT2D eigenvalue weighted by atomic mass is 9.99. The van der Waals surface area contributed by atoms with E-state index in [4.69, 9.17) is 37.0 Å². The van der Waals surface area contributed by atoms with E-state index >= 15 is 0 Å². The Labute approximate surface area is 556 Å². The van der Waals surface area contributed by atoms with Crippen LogP contribution in [0.1, 0.15) is 357 Å². The lowest BCUT2D eigenvalue weighted by Crippen LogP contribution is -2.30. The van der Waals surface area contributed by atoms with Crippen LogP contribution in [-0.4, -0.2) is 96.7 Å². The third kappa shape index (κ3) is 63.9. The highest BCUT2D eigenvalue weighted by atomic mass is 31.2. The molecule has 0 rings (SSSR count). The zero-order valence-corrected chi connectivity index (χ0v) is 61.3. The summed E-state index contributed by atoms with van der Waals surface area (Å²) >= 11 is 0. The molecule has 0 aromatic carbocycles. The smallest absolute Gasteiger partial charge is 0.462 e. The second-order valence-corrected chi connectivity index (χ2v) is 30.3. The van der Waals surface area contributed by atoms with E-state index in [2.05, 4.69) is 55.4 Å². The quantitative estimate of drug-likeness (QED) is 0.0222. The Morgan fingerprint density at radius 2 is 0.527 bits per heavy atom. The van der Waals surface area contributed by atoms with Crippen LogP contribution in [0.5, 0.6) is 0 Å². The summed E-state index contributed by atoms with van der Waals surface area (Å²) in [5.74, 6) is 0.918. The van der Waals surface area contributed by atoms with E-state index < -0.39 is 97.5 Å². The van der Waals surface area contributed by atoms with Gasteiger partial charge in [-0.15, -0.1) is 0 Å². The van der Waals surface area contributed by atoms with E-state index in [1.165, 1.54) is 154 Å². The Morgan fingerprint density at radius 3 is 0.780 bits per heavy atom. The summed E-state index contributed by atoms with van der Waals surface area (Å²) in [6.07, 6.45) is 44.5. The van der Waals surface area contributed by atoms with Gasteiger partial charge in [-0.1, -0.05) is 306 Å². The van der Waals surface area contributed by atoms with E-state index in [0.29, 0.717) is 31.6 Å². The van der Waals surface area contributed by atoms with Gasteiger partial charge in [0.05, 0.1) is 26.4 Å². The largest absolute Gasteiger partial charge is 0.472 e. The van der Waals surface area contributed by atoms with Gasteiger partial charge in [-0.05, 0) is 49.4 Å². The Bertz CT molecular complexity index is 1800. The number of aliphatic hydroxyl groups excluding tert-OH is 1. The Morgan fingerprint density at radius 1 is 0.308 bits per heavy atom. The van der Waals surface area contributed by atoms with Crippen molar-refractivity contribution in [1.29, 1.82) is 0 Å². The molecule has 0 aromatic heterocycles. The Balaban J connectivity index is 5.23. The SMILES string of the molecule is CCC(C)CCCCCCCCCCCCCCCCC(=O)O[C@H](COC(=O)CCCCCCCCCC(C)C)COP(=O)(O)OCC(O)COP(=O)(O)OC[C@@H](COC(=O)CCCCCCCCCCC(C)C)OC(=O)CCCCCCCCCCC(C)CC. The number of esters is 4. The topological polar surface area (TPSA) is 237 Å². The first-order chi connectivity index (χ1) is 43.7. The molecule has 7 atom stereocenters. The number of aliphatic hydroxyl groups is 1. The third-order valence-electron chi connectivity index (χ3n) is 17.3. The molecular formula is C72H140O17P2. The molecule has 0 heterocycles. The van der Waals surface area contributed by atoms with Crippen molar-refractivity contribution in [2.45, 2.75) is 375 Å². The summed E-state index contributed by atoms with van der Waals surface area (Å²) in [6, 6.07) is 0. The molecule has 0 bridgehead atoms. The average molecular weight is 1340 g/mol. The van der Waals surface area contributed by atoms with Crippen LogP contribution in [0.3, 0.4) is 0 Å². The number of unbranched alkanes of at least 4 members (excludes halogenated alkanes) is 33. The van der Waals surface area contributed by atoms with Gasteiger partial charge in [0.15, 0.2) is 12.2 Å². The molecule has 0 fully saturated rings. The Hall–Kier alpha value is -1.94.